The average molecular weight is 397 g/mol. The van der Waals surface area contributed by atoms with Gasteiger partial charge in [0.15, 0.2) is 6.61 Å². The SMILES string of the molecule is Cc1cc(C)cc(N(CCC#N)C(=O)COC(=O)/C=C/c2ccccc2Cl)c1. The van der Waals surface area contributed by atoms with Crippen molar-refractivity contribution < 1.29 is 14.3 Å². The lowest BCUT2D eigenvalue weighted by atomic mass is 10.1. The average Bonchev–Trinajstić information content (AvgIpc) is 2.65. The van der Waals surface area contributed by atoms with Crippen molar-refractivity contribution in [3.8, 4) is 6.07 Å². The normalized spacial score (nSPS) is 10.5. The van der Waals surface area contributed by atoms with Gasteiger partial charge in [0.05, 0.1) is 12.5 Å². The molecule has 0 fully saturated rings. The van der Waals surface area contributed by atoms with Gasteiger partial charge in [-0.1, -0.05) is 35.9 Å². The first kappa shape index (κ1) is 21.2. The molecule has 0 bridgehead atoms. The number of halogens is 1. The number of hydrogen-bond acceptors (Lipinski definition) is 4. The number of nitriles is 1. The summed E-state index contributed by atoms with van der Waals surface area (Å²) in [7, 11) is 0. The van der Waals surface area contributed by atoms with E-state index >= 15 is 0 Å². The van der Waals surface area contributed by atoms with E-state index < -0.39 is 12.6 Å². The highest BCUT2D eigenvalue weighted by molar-refractivity contribution is 6.32. The fraction of sp³-hybridized carbons (Fsp3) is 0.227. The summed E-state index contributed by atoms with van der Waals surface area (Å²) in [5, 5.41) is 9.39. The van der Waals surface area contributed by atoms with Gasteiger partial charge >= 0.3 is 5.97 Å². The van der Waals surface area contributed by atoms with E-state index in [4.69, 9.17) is 21.6 Å². The maximum atomic E-state index is 12.6. The van der Waals surface area contributed by atoms with Crippen LogP contribution in [-0.4, -0.2) is 25.0 Å². The van der Waals surface area contributed by atoms with Crippen LogP contribution < -0.4 is 4.90 Å². The van der Waals surface area contributed by atoms with Gasteiger partial charge in [-0.2, -0.15) is 5.26 Å². The molecule has 0 saturated heterocycles. The summed E-state index contributed by atoms with van der Waals surface area (Å²) < 4.78 is 5.07. The molecule has 28 heavy (non-hydrogen) atoms. The van der Waals surface area contributed by atoms with E-state index in [0.29, 0.717) is 16.3 Å². The zero-order valence-corrected chi connectivity index (χ0v) is 16.6. The number of rotatable bonds is 7. The van der Waals surface area contributed by atoms with Gasteiger partial charge in [0.2, 0.25) is 0 Å². The number of anilines is 1. The molecule has 0 spiro atoms. The topological polar surface area (TPSA) is 70.4 Å². The Bertz CT molecular complexity index is 911. The van der Waals surface area contributed by atoms with Crippen LogP contribution in [-0.2, 0) is 14.3 Å². The minimum Gasteiger partial charge on any atom is -0.452 e. The molecule has 2 rings (SSSR count). The van der Waals surface area contributed by atoms with Crippen molar-refractivity contribution in [2.75, 3.05) is 18.1 Å². The summed E-state index contributed by atoms with van der Waals surface area (Å²) in [4.78, 5) is 26.0. The van der Waals surface area contributed by atoms with E-state index in [9.17, 15) is 9.59 Å². The molecule has 0 radical (unpaired) electrons. The molecular formula is C22H21ClN2O3. The minimum absolute atomic E-state index is 0.180. The van der Waals surface area contributed by atoms with Crippen LogP contribution in [0.15, 0.2) is 48.5 Å². The monoisotopic (exact) mass is 396 g/mol. The molecule has 0 saturated carbocycles. The van der Waals surface area contributed by atoms with Crippen LogP contribution in [0.3, 0.4) is 0 Å². The van der Waals surface area contributed by atoms with Gasteiger partial charge in [-0.25, -0.2) is 4.79 Å². The zero-order chi connectivity index (χ0) is 20.5. The third kappa shape index (κ3) is 6.26. The quantitative estimate of drug-likeness (QED) is 0.511. The van der Waals surface area contributed by atoms with Crippen molar-refractivity contribution >= 4 is 35.2 Å². The largest absolute Gasteiger partial charge is 0.452 e. The first-order chi connectivity index (χ1) is 13.4. The standard InChI is InChI=1S/C22H21ClN2O3/c1-16-12-17(2)14-19(13-16)25(11-5-10-24)21(26)15-28-22(27)9-8-18-6-3-4-7-20(18)23/h3-4,6-9,12-14H,5,11,15H2,1-2H3/b9-8+. The third-order valence-electron chi connectivity index (χ3n) is 3.91. The van der Waals surface area contributed by atoms with Gasteiger partial charge < -0.3 is 9.64 Å². The van der Waals surface area contributed by atoms with Gasteiger partial charge in [0, 0.05) is 23.3 Å². The molecule has 0 aliphatic rings. The lowest BCUT2D eigenvalue weighted by Crippen LogP contribution is -2.35. The van der Waals surface area contributed by atoms with Gasteiger partial charge in [0.25, 0.3) is 5.91 Å². The summed E-state index contributed by atoms with van der Waals surface area (Å²) in [6.07, 6.45) is 2.94. The molecule has 5 nitrogen and oxygen atoms in total. The number of ether oxygens (including phenoxy) is 1. The van der Waals surface area contributed by atoms with E-state index in [1.807, 2.05) is 38.1 Å². The number of amides is 1. The first-order valence-corrected chi connectivity index (χ1v) is 9.13. The van der Waals surface area contributed by atoms with Crippen LogP contribution in [0, 0.1) is 25.2 Å². The maximum Gasteiger partial charge on any atom is 0.331 e. The number of carbonyl (C=O) groups excluding carboxylic acids is 2. The minimum atomic E-state index is -0.645. The molecule has 0 aromatic heterocycles. The van der Waals surface area contributed by atoms with Crippen LogP contribution in [0.5, 0.6) is 0 Å². The Morgan fingerprint density at radius 2 is 1.86 bits per heavy atom. The van der Waals surface area contributed by atoms with Crippen molar-refractivity contribution in [3.05, 3.63) is 70.3 Å². The van der Waals surface area contributed by atoms with E-state index in [1.165, 1.54) is 17.1 Å². The first-order valence-electron chi connectivity index (χ1n) is 8.75. The molecule has 2 aromatic carbocycles. The Morgan fingerprint density at radius 1 is 1.18 bits per heavy atom. The highest BCUT2D eigenvalue weighted by Crippen LogP contribution is 2.20. The Labute approximate surface area is 169 Å². The number of benzene rings is 2. The van der Waals surface area contributed by atoms with Gasteiger partial charge in [-0.3, -0.25) is 4.79 Å². The van der Waals surface area contributed by atoms with Crippen LogP contribution in [0.1, 0.15) is 23.1 Å². The molecule has 0 aliphatic carbocycles. The molecule has 0 unspecified atom stereocenters. The number of aryl methyl sites for hydroxylation is 2. The van der Waals surface area contributed by atoms with Crippen LogP contribution in [0.25, 0.3) is 6.08 Å². The molecule has 0 heterocycles. The lowest BCUT2D eigenvalue weighted by Gasteiger charge is -2.22. The van der Waals surface area contributed by atoms with E-state index in [2.05, 4.69) is 0 Å². The molecule has 144 valence electrons. The highest BCUT2D eigenvalue weighted by Gasteiger charge is 2.17. The molecule has 0 N–H and O–H groups in total. The second-order valence-electron chi connectivity index (χ2n) is 6.26. The fourth-order valence-corrected chi connectivity index (χ4v) is 2.89. The Morgan fingerprint density at radius 3 is 2.50 bits per heavy atom. The smallest absolute Gasteiger partial charge is 0.331 e. The molecule has 1 amide bonds. The molecule has 0 atom stereocenters. The van der Waals surface area contributed by atoms with Crippen molar-refractivity contribution in [2.24, 2.45) is 0 Å². The highest BCUT2D eigenvalue weighted by atomic mass is 35.5. The number of carbonyl (C=O) groups is 2. The van der Waals surface area contributed by atoms with Crippen molar-refractivity contribution in [2.45, 2.75) is 20.3 Å². The Hall–Kier alpha value is -3.10. The predicted octanol–water partition coefficient (Wildman–Crippen LogP) is 4.46. The maximum absolute atomic E-state index is 12.6. The second-order valence-corrected chi connectivity index (χ2v) is 6.67. The summed E-state index contributed by atoms with van der Waals surface area (Å²) in [6.45, 7) is 3.68. The number of hydrogen-bond donors (Lipinski definition) is 0. The number of nitrogens with zero attached hydrogens (tertiary/aromatic N) is 2. The van der Waals surface area contributed by atoms with Crippen molar-refractivity contribution in [1.29, 1.82) is 5.26 Å². The number of esters is 1. The second kappa shape index (κ2) is 10.3. The summed E-state index contributed by atoms with van der Waals surface area (Å²) >= 11 is 6.03. The molecular weight excluding hydrogens is 376 g/mol. The lowest BCUT2D eigenvalue weighted by molar-refractivity contribution is -0.142. The van der Waals surface area contributed by atoms with Crippen molar-refractivity contribution in [1.82, 2.24) is 0 Å². The van der Waals surface area contributed by atoms with Gasteiger partial charge in [-0.15, -0.1) is 0 Å². The van der Waals surface area contributed by atoms with Crippen molar-refractivity contribution in [3.63, 3.8) is 0 Å². The Balaban J connectivity index is 2.04. The van der Waals surface area contributed by atoms with Gasteiger partial charge in [-0.05, 0) is 54.8 Å². The van der Waals surface area contributed by atoms with Crippen LogP contribution in [0.4, 0.5) is 5.69 Å². The van der Waals surface area contributed by atoms with E-state index in [0.717, 1.165) is 11.1 Å². The van der Waals surface area contributed by atoms with E-state index in [1.54, 1.807) is 24.3 Å². The molecule has 2 aromatic rings. The fourth-order valence-electron chi connectivity index (χ4n) is 2.69. The molecule has 6 heteroatoms. The predicted molar refractivity (Wildman–Crippen MR) is 110 cm³/mol. The summed E-state index contributed by atoms with van der Waals surface area (Å²) in [5.74, 6) is -1.03. The van der Waals surface area contributed by atoms with Gasteiger partial charge in [0.1, 0.15) is 0 Å². The summed E-state index contributed by atoms with van der Waals surface area (Å²) in [5.41, 5.74) is 3.37. The summed E-state index contributed by atoms with van der Waals surface area (Å²) in [6, 6.07) is 14.8. The molecule has 0 aliphatic heterocycles. The third-order valence-corrected chi connectivity index (χ3v) is 4.25. The van der Waals surface area contributed by atoms with Crippen LogP contribution in [0.2, 0.25) is 5.02 Å². The van der Waals surface area contributed by atoms with E-state index in [-0.39, 0.29) is 18.9 Å². The van der Waals surface area contributed by atoms with Crippen LogP contribution >= 0.6 is 11.6 Å². The Kier molecular flexibility index (Phi) is 7.79. The zero-order valence-electron chi connectivity index (χ0n) is 15.8.